The van der Waals surface area contributed by atoms with E-state index in [9.17, 15) is 23.7 Å². The number of rotatable bonds is 10. The van der Waals surface area contributed by atoms with Gasteiger partial charge in [0.05, 0.1) is 41.4 Å². The predicted molar refractivity (Wildman–Crippen MR) is 213 cm³/mol. The zero-order valence-corrected chi connectivity index (χ0v) is 31.7. The Hall–Kier alpha value is -5.95. The van der Waals surface area contributed by atoms with Crippen LogP contribution in [0.3, 0.4) is 0 Å². The fraction of sp³-hybridized carbons (Fsp3) is 0.225. The summed E-state index contributed by atoms with van der Waals surface area (Å²) in [6, 6.07) is 30.2. The molecule has 0 atom stereocenters. The van der Waals surface area contributed by atoms with Gasteiger partial charge in [-0.05, 0) is 80.4 Å². The van der Waals surface area contributed by atoms with E-state index < -0.39 is 10.0 Å². The molecule has 0 aliphatic carbocycles. The molecule has 4 aromatic carbocycles. The number of amides is 2. The molecule has 3 N–H and O–H groups in total. The van der Waals surface area contributed by atoms with Crippen molar-refractivity contribution in [1.82, 2.24) is 14.5 Å². The molecular weight excluding hydrogens is 710 g/mol. The summed E-state index contributed by atoms with van der Waals surface area (Å²) in [6.45, 7) is 8.08. The number of hydrogen-bond donors (Lipinski definition) is 3. The second-order valence-corrected chi connectivity index (χ2v) is 14.3. The third-order valence-electron chi connectivity index (χ3n) is 8.54. The molecule has 0 unspecified atom stereocenters. The number of carbonyl (C=O) groups is 1. The maximum atomic E-state index is 12.0. The average Bonchev–Trinajstić information content (AvgIpc) is 3.64. The van der Waals surface area contributed by atoms with Crippen molar-refractivity contribution in [3.8, 4) is 40.4 Å². The maximum Gasteiger partial charge on any atom is 0.319 e. The van der Waals surface area contributed by atoms with Gasteiger partial charge in [-0.3, -0.25) is 4.72 Å². The van der Waals surface area contributed by atoms with Crippen LogP contribution in [-0.4, -0.2) is 43.5 Å². The Morgan fingerprint density at radius 1 is 0.792 bits per heavy atom. The van der Waals surface area contributed by atoms with E-state index >= 15 is 0 Å². The quantitative estimate of drug-likeness (QED) is 0.127. The summed E-state index contributed by atoms with van der Waals surface area (Å²) in [4.78, 5) is 12.0. The van der Waals surface area contributed by atoms with Crippen LogP contribution in [-0.2, 0) is 23.1 Å². The van der Waals surface area contributed by atoms with Crippen molar-refractivity contribution in [3.63, 3.8) is 0 Å². The molecule has 0 saturated heterocycles. The van der Waals surface area contributed by atoms with Gasteiger partial charge in [0.25, 0.3) is 0 Å². The average molecular weight is 750 g/mol. The SMILES string of the molecule is CCCNC(=O)Nc1cccc(-c2c(C#N)c3ccc(OC)cc3n2CC)c1.CCn1c(-c2ccc(NS(C)(=O)=O)cc2)c(C#N)c2cc(Cl)ccc21. The number of nitrogens with one attached hydrogen (secondary N) is 3. The Morgan fingerprint density at radius 2 is 1.45 bits per heavy atom. The first-order valence-corrected chi connectivity index (χ1v) is 19.3. The molecule has 0 aliphatic heterocycles. The first-order chi connectivity index (χ1) is 25.5. The molecule has 13 heteroatoms. The van der Waals surface area contributed by atoms with Gasteiger partial charge in [-0.25, -0.2) is 13.2 Å². The zero-order chi connectivity index (χ0) is 38.3. The highest BCUT2D eigenvalue weighted by molar-refractivity contribution is 7.92. The van der Waals surface area contributed by atoms with E-state index in [1.54, 1.807) is 43.5 Å². The monoisotopic (exact) mass is 749 g/mol. The third-order valence-corrected chi connectivity index (χ3v) is 9.39. The lowest BCUT2D eigenvalue weighted by Gasteiger charge is -2.11. The summed E-state index contributed by atoms with van der Waals surface area (Å²) >= 11 is 6.10. The van der Waals surface area contributed by atoms with Crippen molar-refractivity contribution in [2.45, 2.75) is 40.3 Å². The normalized spacial score (nSPS) is 10.9. The van der Waals surface area contributed by atoms with E-state index in [1.165, 1.54) is 0 Å². The number of halogens is 1. The van der Waals surface area contributed by atoms with E-state index in [0.717, 1.165) is 62.7 Å². The molecule has 0 spiro atoms. The van der Waals surface area contributed by atoms with Gasteiger partial charge >= 0.3 is 6.03 Å². The third kappa shape index (κ3) is 8.41. The van der Waals surface area contributed by atoms with Crippen LogP contribution in [0.2, 0.25) is 5.02 Å². The minimum Gasteiger partial charge on any atom is -0.497 e. The molecule has 0 fully saturated rings. The summed E-state index contributed by atoms with van der Waals surface area (Å²) in [6.07, 6.45) is 1.98. The number of aryl methyl sites for hydroxylation is 2. The number of ether oxygens (including phenoxy) is 1. The predicted octanol–water partition coefficient (Wildman–Crippen LogP) is 8.96. The number of carbonyl (C=O) groups excluding carboxylic acids is 1. The summed E-state index contributed by atoms with van der Waals surface area (Å²) in [5, 5.41) is 27.5. The van der Waals surface area contributed by atoms with Gasteiger partial charge in [-0.1, -0.05) is 42.8 Å². The topological polar surface area (TPSA) is 154 Å². The van der Waals surface area contributed by atoms with Crippen LogP contribution in [0.15, 0.2) is 84.9 Å². The highest BCUT2D eigenvalue weighted by Crippen LogP contribution is 2.37. The van der Waals surface area contributed by atoms with E-state index in [4.69, 9.17) is 16.3 Å². The summed E-state index contributed by atoms with van der Waals surface area (Å²) in [5.41, 5.74) is 7.58. The molecule has 2 amide bonds. The van der Waals surface area contributed by atoms with Crippen LogP contribution in [0.4, 0.5) is 16.2 Å². The Bertz CT molecular complexity index is 2490. The van der Waals surface area contributed by atoms with E-state index in [1.807, 2.05) is 69.3 Å². The lowest BCUT2D eigenvalue weighted by molar-refractivity contribution is 0.252. The van der Waals surface area contributed by atoms with Crippen LogP contribution < -0.4 is 20.1 Å². The van der Waals surface area contributed by atoms with Gasteiger partial charge in [0.2, 0.25) is 10.0 Å². The number of nitriles is 2. The van der Waals surface area contributed by atoms with Gasteiger partial charge in [0, 0.05) is 64.0 Å². The summed E-state index contributed by atoms with van der Waals surface area (Å²) < 4.78 is 34.6. The zero-order valence-electron chi connectivity index (χ0n) is 30.1. The second-order valence-electron chi connectivity index (χ2n) is 12.1. The van der Waals surface area contributed by atoms with Gasteiger partial charge in [-0.15, -0.1) is 0 Å². The van der Waals surface area contributed by atoms with Crippen molar-refractivity contribution < 1.29 is 17.9 Å². The van der Waals surface area contributed by atoms with Crippen molar-refractivity contribution >= 4 is 60.8 Å². The number of urea groups is 1. The van der Waals surface area contributed by atoms with Gasteiger partial charge in [-0.2, -0.15) is 10.5 Å². The van der Waals surface area contributed by atoms with Crippen LogP contribution >= 0.6 is 11.6 Å². The minimum absolute atomic E-state index is 0.236. The van der Waals surface area contributed by atoms with E-state index in [2.05, 4.69) is 36.6 Å². The summed E-state index contributed by atoms with van der Waals surface area (Å²) in [5.74, 6) is 0.749. The number of anilines is 2. The molecular formula is C40H40ClN7O4S. The Kier molecular flexibility index (Phi) is 12.0. The molecule has 6 aromatic rings. The Balaban J connectivity index is 0.000000206. The van der Waals surface area contributed by atoms with Crippen molar-refractivity contribution in [3.05, 3.63) is 101 Å². The first-order valence-electron chi connectivity index (χ1n) is 17.0. The van der Waals surface area contributed by atoms with Gasteiger partial charge in [0.1, 0.15) is 17.9 Å². The van der Waals surface area contributed by atoms with E-state index in [0.29, 0.717) is 47.2 Å². The molecule has 11 nitrogen and oxygen atoms in total. The molecule has 2 heterocycles. The van der Waals surface area contributed by atoms with Gasteiger partial charge in [0.15, 0.2) is 0 Å². The molecule has 53 heavy (non-hydrogen) atoms. The molecule has 2 aromatic heterocycles. The Morgan fingerprint density at radius 3 is 2.08 bits per heavy atom. The lowest BCUT2D eigenvalue weighted by atomic mass is 10.1. The second kappa shape index (κ2) is 16.6. The van der Waals surface area contributed by atoms with Gasteiger partial charge < -0.3 is 24.5 Å². The van der Waals surface area contributed by atoms with Crippen molar-refractivity contribution in [2.75, 3.05) is 29.9 Å². The molecule has 272 valence electrons. The lowest BCUT2D eigenvalue weighted by Crippen LogP contribution is -2.29. The number of methoxy groups -OCH3 is 1. The van der Waals surface area contributed by atoms with Crippen LogP contribution in [0.1, 0.15) is 38.3 Å². The van der Waals surface area contributed by atoms with Crippen LogP contribution in [0.5, 0.6) is 5.75 Å². The summed E-state index contributed by atoms with van der Waals surface area (Å²) in [7, 11) is -1.70. The number of aromatic nitrogens is 2. The van der Waals surface area contributed by atoms with Crippen molar-refractivity contribution in [2.24, 2.45) is 0 Å². The fourth-order valence-electron chi connectivity index (χ4n) is 6.33. The number of sulfonamides is 1. The molecule has 0 saturated carbocycles. The number of benzene rings is 4. The first kappa shape index (κ1) is 38.3. The number of fused-ring (bicyclic) bond motifs is 2. The van der Waals surface area contributed by atoms with Crippen molar-refractivity contribution in [1.29, 1.82) is 10.5 Å². The van der Waals surface area contributed by atoms with Crippen LogP contribution in [0, 0.1) is 22.7 Å². The number of nitrogens with zero attached hydrogens (tertiary/aromatic N) is 4. The fourth-order valence-corrected chi connectivity index (χ4v) is 7.07. The van der Waals surface area contributed by atoms with E-state index in [-0.39, 0.29) is 6.03 Å². The van der Waals surface area contributed by atoms with Crippen LogP contribution in [0.25, 0.3) is 44.3 Å². The smallest absolute Gasteiger partial charge is 0.319 e. The number of hydrogen-bond acceptors (Lipinski definition) is 6. The standard InChI is InChI=1S/C22H24N4O2.C18H16ClN3O2S/c1-4-11-24-22(27)25-16-8-6-7-15(12-16)21-19(14-23)18-10-9-17(28-3)13-20(18)26(21)5-2;1-3-22-17-9-6-13(19)10-15(17)16(11-20)18(22)12-4-7-14(8-5-12)21-25(2,23)24/h6-10,12-13H,4-5,11H2,1-3H3,(H2,24,25,27);4-10,21H,3H2,1-2H3. The largest absolute Gasteiger partial charge is 0.497 e. The minimum atomic E-state index is -3.33. The molecule has 0 radical (unpaired) electrons. The molecule has 0 aliphatic rings. The molecule has 6 rings (SSSR count). The highest BCUT2D eigenvalue weighted by Gasteiger charge is 2.20. The highest BCUT2D eigenvalue weighted by atomic mass is 35.5. The molecule has 0 bridgehead atoms. The maximum absolute atomic E-state index is 12.0. The Labute approximate surface area is 314 Å².